The van der Waals surface area contributed by atoms with E-state index in [1.54, 1.807) is 19.9 Å². The summed E-state index contributed by atoms with van der Waals surface area (Å²) in [7, 11) is 0. The highest BCUT2D eigenvalue weighted by molar-refractivity contribution is 5.72. The van der Waals surface area contributed by atoms with Gasteiger partial charge in [0.15, 0.2) is 0 Å². The summed E-state index contributed by atoms with van der Waals surface area (Å²) in [4.78, 5) is 35.0. The van der Waals surface area contributed by atoms with Gasteiger partial charge in [0, 0.05) is 18.9 Å². The van der Waals surface area contributed by atoms with Gasteiger partial charge in [0.25, 0.3) is 0 Å². The van der Waals surface area contributed by atoms with E-state index in [0.717, 1.165) is 25.7 Å². The van der Waals surface area contributed by atoms with E-state index in [-0.39, 0.29) is 24.8 Å². The van der Waals surface area contributed by atoms with Crippen molar-refractivity contribution < 1.29 is 29.0 Å². The Morgan fingerprint density at radius 1 is 1.27 bits per heavy atom. The molecule has 1 saturated carbocycles. The third kappa shape index (κ3) is 6.69. The Balaban J connectivity index is 2.68. The average molecular weight is 369 g/mol. The summed E-state index contributed by atoms with van der Waals surface area (Å²) in [6.45, 7) is 8.82. The molecule has 2 N–H and O–H groups in total. The highest BCUT2D eigenvalue weighted by Gasteiger charge is 2.42. The largest absolute Gasteiger partial charge is 0.481 e. The zero-order valence-corrected chi connectivity index (χ0v) is 16.0. The number of alkyl carbamates (subject to hydrolysis) is 1. The summed E-state index contributed by atoms with van der Waals surface area (Å²) in [6, 6.07) is 0. The quantitative estimate of drug-likeness (QED) is 0.366. The first-order valence-electron chi connectivity index (χ1n) is 9.18. The van der Waals surface area contributed by atoms with Crippen LogP contribution in [0.15, 0.2) is 12.7 Å². The fraction of sp³-hybridized carbons (Fsp3) is 0.737. The van der Waals surface area contributed by atoms with Gasteiger partial charge >= 0.3 is 18.0 Å². The van der Waals surface area contributed by atoms with Gasteiger partial charge in [-0.2, -0.15) is 0 Å². The number of hydrogen-bond donors (Lipinski definition) is 2. The monoisotopic (exact) mass is 369 g/mol. The smallest absolute Gasteiger partial charge is 0.410 e. The lowest BCUT2D eigenvalue weighted by Gasteiger charge is -2.43. The summed E-state index contributed by atoms with van der Waals surface area (Å²) in [5, 5.41) is 12.0. The lowest BCUT2D eigenvalue weighted by atomic mass is 9.63. The van der Waals surface area contributed by atoms with Crippen LogP contribution in [-0.2, 0) is 19.1 Å². The van der Waals surface area contributed by atoms with Gasteiger partial charge in [0.05, 0.1) is 12.3 Å². The molecule has 0 radical (unpaired) electrons. The van der Waals surface area contributed by atoms with Crippen molar-refractivity contribution in [2.45, 2.75) is 65.6 Å². The van der Waals surface area contributed by atoms with E-state index in [4.69, 9.17) is 9.47 Å². The van der Waals surface area contributed by atoms with Crippen LogP contribution in [0.3, 0.4) is 0 Å². The van der Waals surface area contributed by atoms with Gasteiger partial charge in [-0.1, -0.05) is 32.8 Å². The van der Waals surface area contributed by atoms with Crippen molar-refractivity contribution in [3.8, 4) is 0 Å². The molecular formula is C19H31NO6. The summed E-state index contributed by atoms with van der Waals surface area (Å²) in [6.07, 6.45) is 4.41. The number of allylic oxidation sites excluding steroid dienone is 1. The first-order chi connectivity index (χ1) is 12.2. The molecule has 0 spiro atoms. The zero-order valence-electron chi connectivity index (χ0n) is 16.0. The van der Waals surface area contributed by atoms with Crippen LogP contribution in [0.2, 0.25) is 0 Å². The lowest BCUT2D eigenvalue weighted by Crippen LogP contribution is -2.46. The normalized spacial score (nSPS) is 23.8. The van der Waals surface area contributed by atoms with Crippen LogP contribution in [0.4, 0.5) is 4.79 Å². The molecule has 1 rings (SSSR count). The van der Waals surface area contributed by atoms with Gasteiger partial charge < -0.3 is 19.9 Å². The molecule has 0 aliphatic heterocycles. The van der Waals surface area contributed by atoms with E-state index in [9.17, 15) is 19.5 Å². The molecular weight excluding hydrogens is 338 g/mol. The summed E-state index contributed by atoms with van der Waals surface area (Å²) in [5.74, 6) is -1.49. The highest BCUT2D eigenvalue weighted by Crippen LogP contribution is 2.45. The molecule has 1 amide bonds. The van der Waals surface area contributed by atoms with Crippen LogP contribution < -0.4 is 5.32 Å². The number of esters is 1. The van der Waals surface area contributed by atoms with Crippen molar-refractivity contribution in [3.05, 3.63) is 12.7 Å². The second kappa shape index (κ2) is 10.2. The van der Waals surface area contributed by atoms with Gasteiger partial charge in [0.1, 0.15) is 0 Å². The third-order valence-corrected chi connectivity index (χ3v) is 4.91. The van der Waals surface area contributed by atoms with E-state index in [2.05, 4.69) is 11.9 Å². The van der Waals surface area contributed by atoms with E-state index in [1.165, 1.54) is 6.92 Å². The van der Waals surface area contributed by atoms with E-state index in [0.29, 0.717) is 6.42 Å². The molecule has 148 valence electrons. The number of carbonyl (C=O) groups is 3. The number of nitrogens with one attached hydrogen (secondary N) is 1. The van der Waals surface area contributed by atoms with Crippen LogP contribution in [-0.4, -0.2) is 36.0 Å². The van der Waals surface area contributed by atoms with Crippen molar-refractivity contribution in [1.82, 2.24) is 5.32 Å². The maximum atomic E-state index is 12.0. The number of aliphatic carboxylic acids is 1. The van der Waals surface area contributed by atoms with Crippen LogP contribution in [0, 0.1) is 17.3 Å². The van der Waals surface area contributed by atoms with Gasteiger partial charge in [-0.15, -0.1) is 6.58 Å². The number of amides is 1. The Morgan fingerprint density at radius 3 is 2.54 bits per heavy atom. The third-order valence-electron chi connectivity index (χ3n) is 4.91. The molecule has 0 aromatic heterocycles. The SMILES string of the molecule is C=CCC1CCCCC1(CNC(=O)OC(C)OC(=O)C(C)C)CC(=O)O. The minimum absolute atomic E-state index is 0.0102. The van der Waals surface area contributed by atoms with Crippen molar-refractivity contribution in [2.75, 3.05) is 6.54 Å². The molecule has 0 aromatic rings. The highest BCUT2D eigenvalue weighted by atomic mass is 16.7. The van der Waals surface area contributed by atoms with Crippen LogP contribution in [0.25, 0.3) is 0 Å². The molecule has 3 unspecified atom stereocenters. The minimum atomic E-state index is -1.00. The van der Waals surface area contributed by atoms with Gasteiger partial charge in [-0.25, -0.2) is 4.79 Å². The summed E-state index contributed by atoms with van der Waals surface area (Å²) < 4.78 is 10.0. The Hall–Kier alpha value is -2.05. The number of carboxylic acid groups (broad SMARTS) is 1. The molecule has 3 atom stereocenters. The van der Waals surface area contributed by atoms with E-state index >= 15 is 0 Å². The van der Waals surface area contributed by atoms with E-state index in [1.807, 2.05) is 0 Å². The molecule has 1 aliphatic rings. The van der Waals surface area contributed by atoms with Crippen LogP contribution in [0.1, 0.15) is 59.3 Å². The van der Waals surface area contributed by atoms with Gasteiger partial charge in [0.2, 0.25) is 6.29 Å². The number of carboxylic acids is 1. The first-order valence-corrected chi connectivity index (χ1v) is 9.18. The van der Waals surface area contributed by atoms with Crippen molar-refractivity contribution >= 4 is 18.0 Å². The second-order valence-corrected chi connectivity index (χ2v) is 7.32. The molecule has 7 nitrogen and oxygen atoms in total. The maximum Gasteiger partial charge on any atom is 0.410 e. The summed E-state index contributed by atoms with van der Waals surface area (Å²) >= 11 is 0. The Morgan fingerprint density at radius 2 is 1.96 bits per heavy atom. The average Bonchev–Trinajstić information content (AvgIpc) is 2.54. The summed E-state index contributed by atoms with van der Waals surface area (Å²) in [5.41, 5.74) is -0.519. The number of rotatable bonds is 9. The van der Waals surface area contributed by atoms with Gasteiger partial charge in [-0.05, 0) is 25.2 Å². The Labute approximate surface area is 155 Å². The van der Waals surface area contributed by atoms with Crippen LogP contribution >= 0.6 is 0 Å². The molecule has 0 aromatic carbocycles. The molecule has 0 bridgehead atoms. The molecule has 26 heavy (non-hydrogen) atoms. The Kier molecular flexibility index (Phi) is 8.61. The van der Waals surface area contributed by atoms with Crippen molar-refractivity contribution in [3.63, 3.8) is 0 Å². The fourth-order valence-electron chi connectivity index (χ4n) is 3.54. The predicted molar refractivity (Wildman–Crippen MR) is 96.3 cm³/mol. The molecule has 1 aliphatic carbocycles. The van der Waals surface area contributed by atoms with Crippen molar-refractivity contribution in [2.24, 2.45) is 17.3 Å². The van der Waals surface area contributed by atoms with Gasteiger partial charge in [-0.3, -0.25) is 9.59 Å². The first kappa shape index (κ1) is 22.0. The maximum absolute atomic E-state index is 12.0. The topological polar surface area (TPSA) is 102 Å². The number of hydrogen-bond acceptors (Lipinski definition) is 5. The molecule has 0 heterocycles. The molecule has 7 heteroatoms. The predicted octanol–water partition coefficient (Wildman–Crippen LogP) is 3.49. The van der Waals surface area contributed by atoms with Crippen LogP contribution in [0.5, 0.6) is 0 Å². The van der Waals surface area contributed by atoms with Crippen molar-refractivity contribution in [1.29, 1.82) is 0 Å². The number of carbonyl (C=O) groups excluding carboxylic acids is 2. The lowest BCUT2D eigenvalue weighted by molar-refractivity contribution is -0.168. The zero-order chi connectivity index (χ0) is 19.7. The number of ether oxygens (including phenoxy) is 2. The standard InChI is InChI=1S/C19H31NO6/c1-5-8-15-9-6-7-10-19(15,11-16(21)22)12-20-18(24)26-14(4)25-17(23)13(2)3/h5,13-15H,1,6-12H2,2-4H3,(H,20,24)(H,21,22). The molecule has 0 saturated heterocycles. The minimum Gasteiger partial charge on any atom is -0.481 e. The molecule has 1 fully saturated rings. The Bertz CT molecular complexity index is 518. The second-order valence-electron chi connectivity index (χ2n) is 7.32. The fourth-order valence-corrected chi connectivity index (χ4v) is 3.54. The van der Waals surface area contributed by atoms with E-state index < -0.39 is 29.7 Å².